The highest BCUT2D eigenvalue weighted by Crippen LogP contribution is 2.37. The molecule has 1 fully saturated rings. The molecule has 2 aromatic rings. The number of sulfone groups is 1. The molecule has 1 saturated heterocycles. The number of piperidine rings is 1. The molecule has 0 spiro atoms. The van der Waals surface area contributed by atoms with E-state index in [-0.39, 0.29) is 41.5 Å². The summed E-state index contributed by atoms with van der Waals surface area (Å²) in [6.45, 7) is 0.658. The monoisotopic (exact) mass is 563 g/mol. The molecule has 0 aliphatic carbocycles. The second-order valence-electron chi connectivity index (χ2n) is 9.01. The summed E-state index contributed by atoms with van der Waals surface area (Å²) in [4.78, 5) is 16.6. The molecule has 2 aromatic carbocycles. The summed E-state index contributed by atoms with van der Waals surface area (Å²) in [6.07, 6.45) is 1.10. The molecule has 1 heterocycles. The first kappa shape index (κ1) is 28.2. The second-order valence-corrected chi connectivity index (χ2v) is 12.6. The molecule has 2 N–H and O–H groups in total. The molecule has 11 heteroatoms. The van der Waals surface area contributed by atoms with Crippen LogP contribution in [0.25, 0.3) is 0 Å². The van der Waals surface area contributed by atoms with E-state index in [0.717, 1.165) is 0 Å². The van der Waals surface area contributed by atoms with Crippen LogP contribution < -0.4 is 5.73 Å². The van der Waals surface area contributed by atoms with Gasteiger partial charge in [-0.15, -0.1) is 0 Å². The van der Waals surface area contributed by atoms with Crippen LogP contribution in [0.1, 0.15) is 30.4 Å². The van der Waals surface area contributed by atoms with Crippen molar-refractivity contribution in [3.05, 3.63) is 68.7 Å². The minimum atomic E-state index is -3.21. The summed E-state index contributed by atoms with van der Waals surface area (Å²) in [6, 6.07) is 11.3. The molecule has 1 aliphatic heterocycles. The Balaban J connectivity index is 1.84. The number of amides is 1. The molecule has 3 rings (SSSR count). The van der Waals surface area contributed by atoms with Crippen molar-refractivity contribution in [3.8, 4) is 0 Å². The van der Waals surface area contributed by atoms with Crippen LogP contribution in [0, 0.1) is 0 Å². The standard InChI is InChI=1S/C24H29Cl3FN3O3S/c1-30(15-16-5-3-4-6-19(16)25)23(32)24(28,17-7-8-20(26)21(27)13-17)10-12-31-11-9-18(14-22(31)29)35(2,33)34/h3-8,13,18,22H,9-12,14-15,29H2,1-2H3. The van der Waals surface area contributed by atoms with Gasteiger partial charge in [-0.1, -0.05) is 59.1 Å². The van der Waals surface area contributed by atoms with Crippen LogP contribution in [0.4, 0.5) is 4.39 Å². The third-order valence-electron chi connectivity index (χ3n) is 6.49. The lowest BCUT2D eigenvalue weighted by molar-refractivity contribution is -0.145. The zero-order valence-corrected chi connectivity index (χ0v) is 22.6. The van der Waals surface area contributed by atoms with Crippen molar-refractivity contribution in [2.24, 2.45) is 5.73 Å². The number of hydrogen-bond acceptors (Lipinski definition) is 5. The summed E-state index contributed by atoms with van der Waals surface area (Å²) in [7, 11) is -1.70. The fraction of sp³-hybridized carbons (Fsp3) is 0.458. The molecule has 0 saturated carbocycles. The largest absolute Gasteiger partial charge is 0.338 e. The number of nitrogens with zero attached hydrogens (tertiary/aromatic N) is 2. The molecular formula is C24H29Cl3FN3O3S. The molecule has 0 aromatic heterocycles. The number of likely N-dealkylation sites (N-methyl/N-ethyl adjacent to an activating group) is 1. The van der Waals surface area contributed by atoms with Crippen LogP contribution in [0.15, 0.2) is 42.5 Å². The molecule has 6 nitrogen and oxygen atoms in total. The van der Waals surface area contributed by atoms with Crippen molar-refractivity contribution in [1.82, 2.24) is 9.80 Å². The third kappa shape index (κ3) is 6.67. The van der Waals surface area contributed by atoms with E-state index in [9.17, 15) is 13.2 Å². The van der Waals surface area contributed by atoms with Crippen LogP contribution in [0.3, 0.4) is 0 Å². The molecule has 0 bridgehead atoms. The number of rotatable bonds is 8. The molecule has 192 valence electrons. The summed E-state index contributed by atoms with van der Waals surface area (Å²) in [5.41, 5.74) is 4.58. The van der Waals surface area contributed by atoms with Gasteiger partial charge in [0.05, 0.1) is 21.5 Å². The maximum Gasteiger partial charge on any atom is 0.265 e. The number of alkyl halides is 1. The fourth-order valence-electron chi connectivity index (χ4n) is 4.35. The summed E-state index contributed by atoms with van der Waals surface area (Å²) in [5.74, 6) is -0.754. The van der Waals surface area contributed by atoms with E-state index in [0.29, 0.717) is 23.6 Å². The number of halogens is 4. The Morgan fingerprint density at radius 1 is 1.17 bits per heavy atom. The van der Waals surface area contributed by atoms with Gasteiger partial charge < -0.3 is 10.6 Å². The maximum absolute atomic E-state index is 16.7. The van der Waals surface area contributed by atoms with Gasteiger partial charge in [0.15, 0.2) is 0 Å². The predicted molar refractivity (Wildman–Crippen MR) is 139 cm³/mol. The van der Waals surface area contributed by atoms with Gasteiger partial charge in [-0.05, 0) is 36.6 Å². The van der Waals surface area contributed by atoms with Gasteiger partial charge in [0, 0.05) is 49.9 Å². The number of carbonyl (C=O) groups excluding carboxylic acids is 1. The zero-order chi connectivity index (χ0) is 26.0. The molecule has 1 amide bonds. The molecule has 1 aliphatic rings. The van der Waals surface area contributed by atoms with Gasteiger partial charge in [-0.25, -0.2) is 12.8 Å². The molecule has 35 heavy (non-hydrogen) atoms. The lowest BCUT2D eigenvalue weighted by atomic mass is 9.89. The Bertz CT molecular complexity index is 1180. The molecule has 3 unspecified atom stereocenters. The van der Waals surface area contributed by atoms with Crippen LogP contribution in [0.5, 0.6) is 0 Å². The lowest BCUT2D eigenvalue weighted by Gasteiger charge is -2.38. The normalized spacial score (nSPS) is 20.9. The number of nitrogens with two attached hydrogens (primary N) is 1. The first-order valence-corrected chi connectivity index (χ1v) is 14.2. The second kappa shape index (κ2) is 11.3. The van der Waals surface area contributed by atoms with E-state index in [1.165, 1.54) is 36.4 Å². The van der Waals surface area contributed by atoms with E-state index < -0.39 is 32.8 Å². The van der Waals surface area contributed by atoms with Gasteiger partial charge in [-0.3, -0.25) is 9.69 Å². The lowest BCUT2D eigenvalue weighted by Crippen LogP contribution is -2.52. The Kier molecular flexibility index (Phi) is 9.10. The van der Waals surface area contributed by atoms with E-state index in [4.69, 9.17) is 40.5 Å². The van der Waals surface area contributed by atoms with Crippen LogP contribution in [0.2, 0.25) is 15.1 Å². The minimum absolute atomic E-state index is 0.0856. The van der Waals surface area contributed by atoms with Crippen molar-refractivity contribution in [3.63, 3.8) is 0 Å². The van der Waals surface area contributed by atoms with Gasteiger partial charge in [0.25, 0.3) is 5.91 Å². The molecule has 3 atom stereocenters. The van der Waals surface area contributed by atoms with Crippen LogP contribution >= 0.6 is 34.8 Å². The Morgan fingerprint density at radius 3 is 2.46 bits per heavy atom. The maximum atomic E-state index is 16.7. The fourth-order valence-corrected chi connectivity index (χ4v) is 5.92. The topological polar surface area (TPSA) is 83.7 Å². The Morgan fingerprint density at radius 2 is 1.86 bits per heavy atom. The molecule has 0 radical (unpaired) electrons. The first-order chi connectivity index (χ1) is 16.3. The quantitative estimate of drug-likeness (QED) is 0.504. The molecular weight excluding hydrogens is 536 g/mol. The van der Waals surface area contributed by atoms with E-state index >= 15 is 4.39 Å². The predicted octanol–water partition coefficient (Wildman–Crippen LogP) is 4.65. The van der Waals surface area contributed by atoms with Crippen molar-refractivity contribution < 1.29 is 17.6 Å². The van der Waals surface area contributed by atoms with E-state index in [1.54, 1.807) is 24.3 Å². The summed E-state index contributed by atoms with van der Waals surface area (Å²) in [5, 5.41) is 0.339. The van der Waals surface area contributed by atoms with Gasteiger partial charge in [-0.2, -0.15) is 0 Å². The third-order valence-corrected chi connectivity index (χ3v) is 9.24. The van der Waals surface area contributed by atoms with Crippen molar-refractivity contribution in [1.29, 1.82) is 0 Å². The average Bonchev–Trinajstić information content (AvgIpc) is 2.80. The van der Waals surface area contributed by atoms with E-state index in [2.05, 4.69) is 0 Å². The highest BCUT2D eigenvalue weighted by molar-refractivity contribution is 7.91. The van der Waals surface area contributed by atoms with Gasteiger partial charge >= 0.3 is 0 Å². The average molecular weight is 565 g/mol. The summed E-state index contributed by atoms with van der Waals surface area (Å²) >= 11 is 18.4. The number of carbonyl (C=O) groups is 1. The number of likely N-dealkylation sites (tertiary alicyclic amines) is 1. The Labute approximate surface area is 221 Å². The van der Waals surface area contributed by atoms with Crippen molar-refractivity contribution >= 4 is 50.5 Å². The highest BCUT2D eigenvalue weighted by Gasteiger charge is 2.44. The highest BCUT2D eigenvalue weighted by atomic mass is 35.5. The number of benzene rings is 2. The van der Waals surface area contributed by atoms with Crippen LogP contribution in [-0.2, 0) is 26.8 Å². The number of hydrogen-bond donors (Lipinski definition) is 1. The summed E-state index contributed by atoms with van der Waals surface area (Å²) < 4.78 is 40.6. The minimum Gasteiger partial charge on any atom is -0.338 e. The van der Waals surface area contributed by atoms with Crippen molar-refractivity contribution in [2.75, 3.05) is 26.4 Å². The SMILES string of the molecule is CN(Cc1ccccc1Cl)C(=O)C(F)(CCN1CCC(S(C)(=O)=O)CC1N)c1ccc(Cl)c(Cl)c1. The zero-order valence-electron chi connectivity index (χ0n) is 19.6. The smallest absolute Gasteiger partial charge is 0.265 e. The van der Waals surface area contributed by atoms with Gasteiger partial charge in [0.1, 0.15) is 9.84 Å². The van der Waals surface area contributed by atoms with Gasteiger partial charge in [0.2, 0.25) is 5.67 Å². The van der Waals surface area contributed by atoms with Crippen LogP contribution in [-0.4, -0.2) is 61.9 Å². The van der Waals surface area contributed by atoms with E-state index in [1.807, 2.05) is 4.90 Å². The Hall–Kier alpha value is -1.42. The van der Waals surface area contributed by atoms with Crippen molar-refractivity contribution in [2.45, 2.75) is 42.9 Å². The first-order valence-electron chi connectivity index (χ1n) is 11.1.